The summed E-state index contributed by atoms with van der Waals surface area (Å²) in [4.78, 5) is 14.4. The van der Waals surface area contributed by atoms with Gasteiger partial charge in [0, 0.05) is 18.6 Å². The van der Waals surface area contributed by atoms with E-state index in [1.54, 1.807) is 0 Å². The summed E-state index contributed by atoms with van der Waals surface area (Å²) in [6, 6.07) is 0.977. The SMILES string of the molecule is CNC1CCCN(CC(=O)NC2CCC(C)CC2)C1.Cl. The Hall–Kier alpha value is -0.320. The molecule has 1 saturated heterocycles. The normalized spacial score (nSPS) is 31.4. The van der Waals surface area contributed by atoms with E-state index < -0.39 is 0 Å². The topological polar surface area (TPSA) is 44.4 Å². The minimum atomic E-state index is 0. The highest BCUT2D eigenvalue weighted by atomic mass is 35.5. The van der Waals surface area contributed by atoms with E-state index in [9.17, 15) is 4.79 Å². The van der Waals surface area contributed by atoms with E-state index in [0.29, 0.717) is 18.6 Å². The molecule has 0 radical (unpaired) electrons. The number of likely N-dealkylation sites (tertiary alicyclic amines) is 1. The molecule has 0 aromatic heterocycles. The van der Waals surface area contributed by atoms with E-state index in [0.717, 1.165) is 31.8 Å². The van der Waals surface area contributed by atoms with Crippen LogP contribution in [0.15, 0.2) is 0 Å². The summed E-state index contributed by atoms with van der Waals surface area (Å²) >= 11 is 0. The summed E-state index contributed by atoms with van der Waals surface area (Å²) in [5.41, 5.74) is 0. The van der Waals surface area contributed by atoms with Crippen LogP contribution in [0.3, 0.4) is 0 Å². The third kappa shape index (κ3) is 5.58. The molecule has 1 atom stereocenters. The van der Waals surface area contributed by atoms with Crippen molar-refractivity contribution in [2.75, 3.05) is 26.7 Å². The molecular formula is C15H30ClN3O. The van der Waals surface area contributed by atoms with E-state index in [-0.39, 0.29) is 18.3 Å². The maximum absolute atomic E-state index is 12.1. The minimum Gasteiger partial charge on any atom is -0.352 e. The molecule has 0 aromatic rings. The van der Waals surface area contributed by atoms with Gasteiger partial charge in [0.25, 0.3) is 0 Å². The third-order valence-corrected chi connectivity index (χ3v) is 4.66. The lowest BCUT2D eigenvalue weighted by Crippen LogP contribution is -2.49. The number of halogens is 1. The Morgan fingerprint density at radius 3 is 2.50 bits per heavy atom. The monoisotopic (exact) mass is 303 g/mol. The summed E-state index contributed by atoms with van der Waals surface area (Å²) in [6.45, 7) is 4.95. The van der Waals surface area contributed by atoms with Crippen molar-refractivity contribution in [2.45, 2.75) is 57.5 Å². The van der Waals surface area contributed by atoms with Crippen LogP contribution in [0, 0.1) is 5.92 Å². The lowest BCUT2D eigenvalue weighted by atomic mass is 9.87. The van der Waals surface area contributed by atoms with E-state index in [1.165, 1.54) is 25.7 Å². The highest BCUT2D eigenvalue weighted by Gasteiger charge is 2.23. The van der Waals surface area contributed by atoms with E-state index in [2.05, 4.69) is 22.5 Å². The average Bonchev–Trinajstić information content (AvgIpc) is 2.41. The molecule has 1 amide bonds. The van der Waals surface area contributed by atoms with Gasteiger partial charge in [-0.15, -0.1) is 12.4 Å². The predicted octanol–water partition coefficient (Wildman–Crippen LogP) is 1.79. The third-order valence-electron chi connectivity index (χ3n) is 4.66. The molecule has 2 fully saturated rings. The zero-order chi connectivity index (χ0) is 13.7. The zero-order valence-electron chi connectivity index (χ0n) is 12.9. The fourth-order valence-electron chi connectivity index (χ4n) is 3.32. The van der Waals surface area contributed by atoms with Crippen molar-refractivity contribution < 1.29 is 4.79 Å². The first-order chi connectivity index (χ1) is 9.17. The molecule has 2 aliphatic rings. The van der Waals surface area contributed by atoms with Crippen LogP contribution in [0.4, 0.5) is 0 Å². The molecule has 0 spiro atoms. The average molecular weight is 304 g/mol. The molecule has 2 rings (SSSR count). The Morgan fingerprint density at radius 2 is 1.85 bits per heavy atom. The number of amides is 1. The Morgan fingerprint density at radius 1 is 1.15 bits per heavy atom. The largest absolute Gasteiger partial charge is 0.352 e. The summed E-state index contributed by atoms with van der Waals surface area (Å²) in [7, 11) is 2.01. The van der Waals surface area contributed by atoms with Gasteiger partial charge in [0.2, 0.25) is 5.91 Å². The zero-order valence-corrected chi connectivity index (χ0v) is 13.7. The second-order valence-corrected chi connectivity index (χ2v) is 6.39. The Bertz CT molecular complexity index is 293. The van der Waals surface area contributed by atoms with E-state index in [1.807, 2.05) is 7.05 Å². The van der Waals surface area contributed by atoms with Crippen molar-refractivity contribution >= 4 is 18.3 Å². The molecule has 2 N–H and O–H groups in total. The number of rotatable bonds is 4. The number of hydrogen-bond acceptors (Lipinski definition) is 3. The second-order valence-electron chi connectivity index (χ2n) is 6.39. The van der Waals surface area contributed by atoms with Gasteiger partial charge in [-0.1, -0.05) is 6.92 Å². The van der Waals surface area contributed by atoms with Gasteiger partial charge < -0.3 is 10.6 Å². The smallest absolute Gasteiger partial charge is 0.234 e. The van der Waals surface area contributed by atoms with Crippen LogP contribution in [0.2, 0.25) is 0 Å². The predicted molar refractivity (Wildman–Crippen MR) is 85.3 cm³/mol. The molecule has 1 heterocycles. The van der Waals surface area contributed by atoms with Crippen molar-refractivity contribution in [3.8, 4) is 0 Å². The number of carbonyl (C=O) groups excluding carboxylic acids is 1. The molecule has 20 heavy (non-hydrogen) atoms. The Kier molecular flexibility index (Phi) is 7.85. The number of likely N-dealkylation sites (N-methyl/N-ethyl adjacent to an activating group) is 1. The van der Waals surface area contributed by atoms with Gasteiger partial charge in [-0.3, -0.25) is 9.69 Å². The molecule has 0 aromatic carbocycles. The van der Waals surface area contributed by atoms with Crippen LogP contribution in [0.5, 0.6) is 0 Å². The molecule has 1 saturated carbocycles. The van der Waals surface area contributed by atoms with Gasteiger partial charge in [-0.2, -0.15) is 0 Å². The molecule has 1 aliphatic carbocycles. The van der Waals surface area contributed by atoms with E-state index >= 15 is 0 Å². The van der Waals surface area contributed by atoms with Gasteiger partial charge in [-0.05, 0) is 58.0 Å². The number of nitrogens with zero attached hydrogens (tertiary/aromatic N) is 1. The number of nitrogens with one attached hydrogen (secondary N) is 2. The number of piperidine rings is 1. The Labute approximate surface area is 129 Å². The second kappa shape index (κ2) is 8.85. The van der Waals surface area contributed by atoms with Crippen molar-refractivity contribution in [2.24, 2.45) is 5.92 Å². The standard InChI is InChI=1S/C15H29N3O.ClH/c1-12-5-7-13(8-6-12)17-15(19)11-18-9-3-4-14(10-18)16-2;/h12-14,16H,3-11H2,1-2H3,(H,17,19);1H. The van der Waals surface area contributed by atoms with Gasteiger partial charge >= 0.3 is 0 Å². The Balaban J connectivity index is 0.00000200. The van der Waals surface area contributed by atoms with Crippen molar-refractivity contribution in [3.63, 3.8) is 0 Å². The molecule has 0 bridgehead atoms. The molecule has 5 heteroatoms. The first kappa shape index (κ1) is 17.7. The summed E-state index contributed by atoms with van der Waals surface area (Å²) in [6.07, 6.45) is 7.26. The van der Waals surface area contributed by atoms with Gasteiger partial charge in [0.1, 0.15) is 0 Å². The van der Waals surface area contributed by atoms with Crippen LogP contribution in [0.1, 0.15) is 45.4 Å². The van der Waals surface area contributed by atoms with Gasteiger partial charge in [-0.25, -0.2) is 0 Å². The van der Waals surface area contributed by atoms with E-state index in [4.69, 9.17) is 0 Å². The van der Waals surface area contributed by atoms with Crippen LogP contribution < -0.4 is 10.6 Å². The van der Waals surface area contributed by atoms with Crippen LogP contribution in [0.25, 0.3) is 0 Å². The van der Waals surface area contributed by atoms with Crippen LogP contribution in [-0.4, -0.2) is 49.6 Å². The van der Waals surface area contributed by atoms with Crippen molar-refractivity contribution in [1.82, 2.24) is 15.5 Å². The maximum Gasteiger partial charge on any atom is 0.234 e. The lowest BCUT2D eigenvalue weighted by Gasteiger charge is -2.33. The number of hydrogen-bond donors (Lipinski definition) is 2. The van der Waals surface area contributed by atoms with Crippen molar-refractivity contribution in [3.05, 3.63) is 0 Å². The minimum absolute atomic E-state index is 0. The first-order valence-electron chi connectivity index (χ1n) is 7.86. The molecule has 4 nitrogen and oxygen atoms in total. The fraction of sp³-hybridized carbons (Fsp3) is 0.933. The maximum atomic E-state index is 12.1. The lowest BCUT2D eigenvalue weighted by molar-refractivity contribution is -0.123. The molecule has 1 unspecified atom stereocenters. The highest BCUT2D eigenvalue weighted by Crippen LogP contribution is 2.23. The summed E-state index contributed by atoms with van der Waals surface area (Å²) < 4.78 is 0. The van der Waals surface area contributed by atoms with Crippen LogP contribution >= 0.6 is 12.4 Å². The number of carbonyl (C=O) groups is 1. The fourth-order valence-corrected chi connectivity index (χ4v) is 3.32. The van der Waals surface area contributed by atoms with Crippen LogP contribution in [-0.2, 0) is 4.79 Å². The molecular weight excluding hydrogens is 274 g/mol. The first-order valence-corrected chi connectivity index (χ1v) is 7.86. The van der Waals surface area contributed by atoms with Gasteiger partial charge in [0.15, 0.2) is 0 Å². The highest BCUT2D eigenvalue weighted by molar-refractivity contribution is 5.85. The molecule has 1 aliphatic heterocycles. The summed E-state index contributed by atoms with van der Waals surface area (Å²) in [5.74, 6) is 1.06. The van der Waals surface area contributed by atoms with Crippen molar-refractivity contribution in [1.29, 1.82) is 0 Å². The quantitative estimate of drug-likeness (QED) is 0.832. The molecule has 118 valence electrons. The van der Waals surface area contributed by atoms with Gasteiger partial charge in [0.05, 0.1) is 6.54 Å². The summed E-state index contributed by atoms with van der Waals surface area (Å²) in [5, 5.41) is 6.54.